The smallest absolute Gasteiger partial charge is 0.239 e. The third kappa shape index (κ3) is 5.08. The van der Waals surface area contributed by atoms with E-state index in [4.69, 9.17) is 0 Å². The van der Waals surface area contributed by atoms with Crippen LogP contribution in [0.4, 0.5) is 11.4 Å². The number of hydrogen-bond acceptors (Lipinski definition) is 3. The molecule has 0 atom stereocenters. The van der Waals surface area contributed by atoms with Gasteiger partial charge in [-0.25, -0.2) is 0 Å². The van der Waals surface area contributed by atoms with Crippen molar-refractivity contribution in [1.29, 1.82) is 0 Å². The van der Waals surface area contributed by atoms with Crippen molar-refractivity contribution in [1.82, 2.24) is 5.32 Å². The number of anilines is 2. The van der Waals surface area contributed by atoms with Crippen molar-refractivity contribution < 1.29 is 4.79 Å². The number of carbonyl (C=O) groups is 1. The molecule has 4 nitrogen and oxygen atoms in total. The number of carbonyl (C=O) groups excluding carboxylic acids is 1. The maximum atomic E-state index is 11.6. The molecule has 0 aliphatic rings. The number of amides is 1. The quantitative estimate of drug-likeness (QED) is 0.810. The molecule has 0 bridgehead atoms. The normalized spacial score (nSPS) is 10.3. The molecule has 1 rings (SSSR count). The predicted molar refractivity (Wildman–Crippen MR) is 77.1 cm³/mol. The molecule has 0 saturated heterocycles. The molecule has 1 amide bonds. The highest BCUT2D eigenvalue weighted by Crippen LogP contribution is 2.16. The monoisotopic (exact) mass is 249 g/mol. The van der Waals surface area contributed by atoms with E-state index < -0.39 is 0 Å². The minimum absolute atomic E-state index is 0.0268. The zero-order valence-electron chi connectivity index (χ0n) is 11.7. The molecule has 0 aliphatic heterocycles. The lowest BCUT2D eigenvalue weighted by Crippen LogP contribution is -2.32. The van der Waals surface area contributed by atoms with Gasteiger partial charge in [-0.05, 0) is 24.1 Å². The van der Waals surface area contributed by atoms with Crippen molar-refractivity contribution in [2.24, 2.45) is 5.92 Å². The molecule has 0 heterocycles. The predicted octanol–water partition coefficient (Wildman–Crippen LogP) is 1.94. The molecule has 0 fully saturated rings. The lowest BCUT2D eigenvalue weighted by atomic mass is 10.2. The van der Waals surface area contributed by atoms with Crippen LogP contribution >= 0.6 is 0 Å². The van der Waals surface area contributed by atoms with Gasteiger partial charge >= 0.3 is 0 Å². The molecule has 100 valence electrons. The number of hydrogen-bond donors (Lipinski definition) is 2. The standard InChI is InChI=1S/C14H23N3O/c1-11(2)9-16-14(18)10-15-12-6-5-7-13(8-12)17(3)4/h5-8,11,15H,9-10H2,1-4H3,(H,16,18). The molecular weight excluding hydrogens is 226 g/mol. The van der Waals surface area contributed by atoms with Crippen molar-refractivity contribution in [2.75, 3.05) is 37.4 Å². The molecule has 0 saturated carbocycles. The molecule has 0 radical (unpaired) electrons. The van der Waals surface area contributed by atoms with Crippen LogP contribution in [0.1, 0.15) is 13.8 Å². The minimum Gasteiger partial charge on any atom is -0.378 e. The van der Waals surface area contributed by atoms with Crippen LogP contribution in [0.15, 0.2) is 24.3 Å². The molecule has 0 unspecified atom stereocenters. The fraction of sp³-hybridized carbons (Fsp3) is 0.500. The zero-order chi connectivity index (χ0) is 13.5. The first kappa shape index (κ1) is 14.4. The van der Waals surface area contributed by atoms with Gasteiger partial charge in [0.2, 0.25) is 5.91 Å². The fourth-order valence-corrected chi connectivity index (χ4v) is 1.46. The van der Waals surface area contributed by atoms with E-state index in [0.717, 1.165) is 17.9 Å². The summed E-state index contributed by atoms with van der Waals surface area (Å²) in [6.45, 7) is 5.18. The Labute approximate surface area is 109 Å². The number of nitrogens with one attached hydrogen (secondary N) is 2. The van der Waals surface area contributed by atoms with Crippen molar-refractivity contribution in [3.05, 3.63) is 24.3 Å². The van der Waals surface area contributed by atoms with Crippen molar-refractivity contribution in [3.8, 4) is 0 Å². The first-order valence-electron chi connectivity index (χ1n) is 6.27. The van der Waals surface area contributed by atoms with Crippen LogP contribution in [0.5, 0.6) is 0 Å². The van der Waals surface area contributed by atoms with Gasteiger partial charge in [-0.15, -0.1) is 0 Å². The highest BCUT2D eigenvalue weighted by molar-refractivity contribution is 5.80. The van der Waals surface area contributed by atoms with Crippen LogP contribution in [0.25, 0.3) is 0 Å². The Morgan fingerprint density at radius 3 is 2.67 bits per heavy atom. The Morgan fingerprint density at radius 1 is 1.33 bits per heavy atom. The fourth-order valence-electron chi connectivity index (χ4n) is 1.46. The molecule has 1 aromatic carbocycles. The summed E-state index contributed by atoms with van der Waals surface area (Å²) < 4.78 is 0. The van der Waals surface area contributed by atoms with Crippen LogP contribution in [-0.2, 0) is 4.79 Å². The van der Waals surface area contributed by atoms with Gasteiger partial charge in [0.05, 0.1) is 6.54 Å². The van der Waals surface area contributed by atoms with E-state index >= 15 is 0 Å². The Hall–Kier alpha value is -1.71. The number of nitrogens with zero attached hydrogens (tertiary/aromatic N) is 1. The number of benzene rings is 1. The van der Waals surface area contributed by atoms with E-state index in [0.29, 0.717) is 12.5 Å². The SMILES string of the molecule is CC(C)CNC(=O)CNc1cccc(N(C)C)c1. The van der Waals surface area contributed by atoms with Gasteiger partial charge in [0, 0.05) is 32.0 Å². The van der Waals surface area contributed by atoms with E-state index in [1.54, 1.807) is 0 Å². The summed E-state index contributed by atoms with van der Waals surface area (Å²) in [4.78, 5) is 13.6. The molecule has 18 heavy (non-hydrogen) atoms. The Morgan fingerprint density at radius 2 is 2.06 bits per heavy atom. The van der Waals surface area contributed by atoms with E-state index in [1.807, 2.05) is 43.3 Å². The summed E-state index contributed by atoms with van der Waals surface area (Å²) in [5, 5.41) is 6.00. The van der Waals surface area contributed by atoms with Crippen LogP contribution in [0, 0.1) is 5.92 Å². The lowest BCUT2D eigenvalue weighted by molar-refractivity contribution is -0.119. The van der Waals surface area contributed by atoms with Crippen molar-refractivity contribution in [3.63, 3.8) is 0 Å². The first-order chi connectivity index (χ1) is 8.49. The molecule has 2 N–H and O–H groups in total. The molecular formula is C14H23N3O. The average Bonchev–Trinajstić information content (AvgIpc) is 2.34. The molecule has 0 aromatic heterocycles. The first-order valence-corrected chi connectivity index (χ1v) is 6.27. The van der Waals surface area contributed by atoms with Gasteiger partial charge in [0.1, 0.15) is 0 Å². The van der Waals surface area contributed by atoms with Crippen LogP contribution < -0.4 is 15.5 Å². The van der Waals surface area contributed by atoms with Crippen LogP contribution in [-0.4, -0.2) is 33.1 Å². The average molecular weight is 249 g/mol. The lowest BCUT2D eigenvalue weighted by Gasteiger charge is -2.14. The highest BCUT2D eigenvalue weighted by Gasteiger charge is 2.03. The number of rotatable bonds is 6. The molecule has 0 spiro atoms. The summed E-state index contributed by atoms with van der Waals surface area (Å²) in [5.41, 5.74) is 2.07. The zero-order valence-corrected chi connectivity index (χ0v) is 11.7. The van der Waals surface area contributed by atoms with Crippen molar-refractivity contribution in [2.45, 2.75) is 13.8 Å². The van der Waals surface area contributed by atoms with Crippen LogP contribution in [0.3, 0.4) is 0 Å². The second-order valence-electron chi connectivity index (χ2n) is 5.00. The second-order valence-corrected chi connectivity index (χ2v) is 5.00. The van der Waals surface area contributed by atoms with Gasteiger partial charge in [0.25, 0.3) is 0 Å². The van der Waals surface area contributed by atoms with Gasteiger partial charge in [-0.1, -0.05) is 19.9 Å². The van der Waals surface area contributed by atoms with Gasteiger partial charge in [-0.3, -0.25) is 4.79 Å². The minimum atomic E-state index is 0.0268. The Balaban J connectivity index is 2.43. The molecule has 1 aromatic rings. The van der Waals surface area contributed by atoms with E-state index in [-0.39, 0.29) is 5.91 Å². The highest BCUT2D eigenvalue weighted by atomic mass is 16.1. The second kappa shape index (κ2) is 6.89. The Kier molecular flexibility index (Phi) is 5.49. The summed E-state index contributed by atoms with van der Waals surface area (Å²) in [6, 6.07) is 7.99. The van der Waals surface area contributed by atoms with Gasteiger partial charge in [-0.2, -0.15) is 0 Å². The third-order valence-electron chi connectivity index (χ3n) is 2.52. The van der Waals surface area contributed by atoms with Crippen LogP contribution in [0.2, 0.25) is 0 Å². The van der Waals surface area contributed by atoms with E-state index in [9.17, 15) is 4.79 Å². The summed E-state index contributed by atoms with van der Waals surface area (Å²) in [5.74, 6) is 0.505. The third-order valence-corrected chi connectivity index (χ3v) is 2.52. The maximum Gasteiger partial charge on any atom is 0.239 e. The maximum absolute atomic E-state index is 11.6. The topological polar surface area (TPSA) is 44.4 Å². The van der Waals surface area contributed by atoms with Gasteiger partial charge in [0.15, 0.2) is 0 Å². The molecule has 0 aliphatic carbocycles. The Bertz CT molecular complexity index is 388. The molecule has 4 heteroatoms. The van der Waals surface area contributed by atoms with E-state index in [2.05, 4.69) is 24.5 Å². The summed E-state index contributed by atoms with van der Waals surface area (Å²) in [6.07, 6.45) is 0. The van der Waals surface area contributed by atoms with E-state index in [1.165, 1.54) is 0 Å². The summed E-state index contributed by atoms with van der Waals surface area (Å²) in [7, 11) is 3.99. The van der Waals surface area contributed by atoms with Crippen molar-refractivity contribution >= 4 is 17.3 Å². The summed E-state index contributed by atoms with van der Waals surface area (Å²) >= 11 is 0. The van der Waals surface area contributed by atoms with Gasteiger partial charge < -0.3 is 15.5 Å². The largest absolute Gasteiger partial charge is 0.378 e.